The minimum atomic E-state index is 0.879. The number of rotatable bonds is 5. The molecule has 3 nitrogen and oxygen atoms in total. The third-order valence-corrected chi connectivity index (χ3v) is 9.85. The Hall–Kier alpha value is -6.71. The molecular weight excluding hydrogens is 609 g/mol. The van der Waals surface area contributed by atoms with Gasteiger partial charge in [-0.1, -0.05) is 133 Å². The molecule has 234 valence electrons. The van der Waals surface area contributed by atoms with E-state index >= 15 is 0 Å². The molecule has 0 radical (unpaired) electrons. The molecule has 0 amide bonds. The van der Waals surface area contributed by atoms with E-state index in [4.69, 9.17) is 9.40 Å². The Balaban J connectivity index is 1.25. The van der Waals surface area contributed by atoms with Crippen molar-refractivity contribution in [1.82, 2.24) is 9.55 Å². The number of fused-ring (bicyclic) bond motifs is 6. The van der Waals surface area contributed by atoms with Gasteiger partial charge in [-0.3, -0.25) is 4.98 Å². The van der Waals surface area contributed by atoms with Crippen LogP contribution in [0.3, 0.4) is 0 Å². The van der Waals surface area contributed by atoms with E-state index < -0.39 is 0 Å². The van der Waals surface area contributed by atoms with Gasteiger partial charge in [0.25, 0.3) is 0 Å². The van der Waals surface area contributed by atoms with Crippen molar-refractivity contribution in [2.45, 2.75) is 0 Å². The maximum Gasteiger partial charge on any atom is 0.137 e. The Morgan fingerprint density at radius 3 is 1.84 bits per heavy atom. The van der Waals surface area contributed by atoms with E-state index in [2.05, 4.69) is 162 Å². The highest BCUT2D eigenvalue weighted by Crippen LogP contribution is 2.42. The van der Waals surface area contributed by atoms with Crippen LogP contribution in [0, 0.1) is 0 Å². The fourth-order valence-electron chi connectivity index (χ4n) is 7.50. The fourth-order valence-corrected chi connectivity index (χ4v) is 7.50. The average molecular weight is 639 g/mol. The standard InChI is InChI=1S/C47H30N2O/c1-4-13-31(14-5-1)34-23-25-37-40-27-35(47-39(33-17-8-3-9-18-33)28-36(30-48-47)32-15-6-2-7-16-32)24-26-41(40)49(43(37)29-34)42-20-12-22-45-46(42)38-19-10-11-21-44(38)50-45/h1-30H. The molecule has 10 aromatic rings. The summed E-state index contributed by atoms with van der Waals surface area (Å²) in [6.07, 6.45) is 2.00. The van der Waals surface area contributed by atoms with Crippen molar-refractivity contribution < 1.29 is 4.42 Å². The molecule has 3 aromatic heterocycles. The van der Waals surface area contributed by atoms with Gasteiger partial charge in [0.05, 0.1) is 27.8 Å². The van der Waals surface area contributed by atoms with Gasteiger partial charge in [0.1, 0.15) is 11.2 Å². The number of hydrogen-bond acceptors (Lipinski definition) is 2. The van der Waals surface area contributed by atoms with Gasteiger partial charge in [-0.25, -0.2) is 0 Å². The van der Waals surface area contributed by atoms with Crippen LogP contribution in [0.5, 0.6) is 0 Å². The summed E-state index contributed by atoms with van der Waals surface area (Å²) in [4.78, 5) is 5.16. The molecule has 0 N–H and O–H groups in total. The van der Waals surface area contributed by atoms with Gasteiger partial charge >= 0.3 is 0 Å². The number of aromatic nitrogens is 2. The van der Waals surface area contributed by atoms with Gasteiger partial charge in [-0.15, -0.1) is 0 Å². The number of benzene rings is 7. The van der Waals surface area contributed by atoms with Gasteiger partial charge in [0.15, 0.2) is 0 Å². The summed E-state index contributed by atoms with van der Waals surface area (Å²) >= 11 is 0. The van der Waals surface area contributed by atoms with Gasteiger partial charge in [-0.2, -0.15) is 0 Å². The highest BCUT2D eigenvalue weighted by atomic mass is 16.3. The first-order valence-electron chi connectivity index (χ1n) is 17.0. The van der Waals surface area contributed by atoms with Crippen LogP contribution in [0.25, 0.3) is 94.1 Å². The predicted molar refractivity (Wildman–Crippen MR) is 208 cm³/mol. The molecule has 3 heterocycles. The number of furan rings is 1. The average Bonchev–Trinajstić information content (AvgIpc) is 3.74. The SMILES string of the molecule is c1ccc(-c2cnc(-c3ccc4c(c3)c3ccc(-c5ccccc5)cc3n4-c3cccc4oc5ccccc5c34)c(-c3ccccc3)c2)cc1. The maximum atomic E-state index is 6.36. The molecule has 0 aliphatic carbocycles. The first-order chi connectivity index (χ1) is 24.8. The molecule has 10 rings (SSSR count). The summed E-state index contributed by atoms with van der Waals surface area (Å²) in [5.74, 6) is 0. The Morgan fingerprint density at radius 1 is 0.400 bits per heavy atom. The van der Waals surface area contributed by atoms with Gasteiger partial charge in [-0.05, 0) is 64.7 Å². The fraction of sp³-hybridized carbons (Fsp3) is 0. The first-order valence-corrected chi connectivity index (χ1v) is 17.0. The van der Waals surface area contributed by atoms with Crippen LogP contribution < -0.4 is 0 Å². The molecule has 0 spiro atoms. The van der Waals surface area contributed by atoms with E-state index in [1.807, 2.05) is 24.4 Å². The summed E-state index contributed by atoms with van der Waals surface area (Å²) < 4.78 is 8.77. The zero-order valence-electron chi connectivity index (χ0n) is 27.1. The Bertz CT molecular complexity index is 2850. The lowest BCUT2D eigenvalue weighted by molar-refractivity contribution is 0.669. The van der Waals surface area contributed by atoms with Gasteiger partial charge in [0, 0.05) is 39.0 Å². The second kappa shape index (κ2) is 11.5. The van der Waals surface area contributed by atoms with E-state index in [1.165, 1.54) is 21.9 Å². The smallest absolute Gasteiger partial charge is 0.137 e. The molecule has 7 aromatic carbocycles. The van der Waals surface area contributed by atoms with Crippen LogP contribution >= 0.6 is 0 Å². The third kappa shape index (κ3) is 4.56. The minimum absolute atomic E-state index is 0.879. The molecule has 0 aliphatic rings. The van der Waals surface area contributed by atoms with Crippen LogP contribution in [0.4, 0.5) is 0 Å². The largest absolute Gasteiger partial charge is 0.456 e. The lowest BCUT2D eigenvalue weighted by atomic mass is 9.95. The second-order valence-electron chi connectivity index (χ2n) is 12.8. The summed E-state index contributed by atoms with van der Waals surface area (Å²) in [6, 6.07) is 62.3. The van der Waals surface area contributed by atoms with Crippen LogP contribution in [0.2, 0.25) is 0 Å². The topological polar surface area (TPSA) is 31.0 Å². The molecule has 50 heavy (non-hydrogen) atoms. The van der Waals surface area contributed by atoms with Crippen LogP contribution in [0.15, 0.2) is 187 Å². The molecule has 0 saturated carbocycles. The van der Waals surface area contributed by atoms with Gasteiger partial charge in [0.2, 0.25) is 0 Å². The first kappa shape index (κ1) is 28.3. The highest BCUT2D eigenvalue weighted by Gasteiger charge is 2.20. The number of para-hydroxylation sites is 1. The van der Waals surface area contributed by atoms with E-state index in [1.54, 1.807) is 0 Å². The quantitative estimate of drug-likeness (QED) is 0.188. The molecule has 0 atom stereocenters. The second-order valence-corrected chi connectivity index (χ2v) is 12.8. The molecule has 3 heteroatoms. The summed E-state index contributed by atoms with van der Waals surface area (Å²) in [5.41, 5.74) is 14.0. The maximum absolute atomic E-state index is 6.36. The van der Waals surface area contributed by atoms with Crippen LogP contribution in [-0.2, 0) is 0 Å². The summed E-state index contributed by atoms with van der Waals surface area (Å²) in [7, 11) is 0. The molecular formula is C47H30N2O. The lowest BCUT2D eigenvalue weighted by Crippen LogP contribution is -1.95. The number of hydrogen-bond donors (Lipinski definition) is 0. The minimum Gasteiger partial charge on any atom is -0.456 e. The molecule has 0 bridgehead atoms. The van der Waals surface area contributed by atoms with Crippen LogP contribution in [-0.4, -0.2) is 9.55 Å². The lowest BCUT2D eigenvalue weighted by Gasteiger charge is -2.13. The normalized spacial score (nSPS) is 11.6. The predicted octanol–water partition coefficient (Wildman–Crippen LogP) is 12.7. The van der Waals surface area contributed by atoms with E-state index in [0.717, 1.165) is 72.2 Å². The molecule has 0 fully saturated rings. The Labute approximate surface area is 289 Å². The Kier molecular flexibility index (Phi) is 6.49. The van der Waals surface area contributed by atoms with Crippen molar-refractivity contribution in [3.05, 3.63) is 182 Å². The van der Waals surface area contributed by atoms with Gasteiger partial charge < -0.3 is 8.98 Å². The Morgan fingerprint density at radius 2 is 1.06 bits per heavy atom. The van der Waals surface area contributed by atoms with E-state index in [0.29, 0.717) is 0 Å². The van der Waals surface area contributed by atoms with Crippen molar-refractivity contribution in [3.63, 3.8) is 0 Å². The monoisotopic (exact) mass is 638 g/mol. The molecule has 0 saturated heterocycles. The summed E-state index contributed by atoms with van der Waals surface area (Å²) in [5, 5.41) is 4.59. The molecule has 0 unspecified atom stereocenters. The zero-order chi connectivity index (χ0) is 33.0. The van der Waals surface area contributed by atoms with E-state index in [-0.39, 0.29) is 0 Å². The number of nitrogens with zero attached hydrogens (tertiary/aromatic N) is 2. The van der Waals surface area contributed by atoms with Crippen molar-refractivity contribution in [2.24, 2.45) is 0 Å². The van der Waals surface area contributed by atoms with E-state index in [9.17, 15) is 0 Å². The third-order valence-electron chi connectivity index (χ3n) is 9.85. The van der Waals surface area contributed by atoms with Crippen LogP contribution in [0.1, 0.15) is 0 Å². The number of pyridine rings is 1. The molecule has 0 aliphatic heterocycles. The van der Waals surface area contributed by atoms with Crippen molar-refractivity contribution in [1.29, 1.82) is 0 Å². The van der Waals surface area contributed by atoms with Crippen molar-refractivity contribution in [3.8, 4) is 50.3 Å². The summed E-state index contributed by atoms with van der Waals surface area (Å²) in [6.45, 7) is 0. The van der Waals surface area contributed by atoms with Crippen molar-refractivity contribution >= 4 is 43.7 Å². The zero-order valence-corrected chi connectivity index (χ0v) is 27.1. The van der Waals surface area contributed by atoms with Crippen molar-refractivity contribution in [2.75, 3.05) is 0 Å². The highest BCUT2D eigenvalue weighted by molar-refractivity contribution is 6.15.